The van der Waals surface area contributed by atoms with Gasteiger partial charge in [0.25, 0.3) is 0 Å². The average molecular weight is 285 g/mol. The van der Waals surface area contributed by atoms with Crippen molar-refractivity contribution in [3.05, 3.63) is 34.8 Å². The molecular formula is C9H9BrN4S. The van der Waals surface area contributed by atoms with E-state index in [0.717, 1.165) is 21.1 Å². The number of halogens is 1. The molecule has 0 radical (unpaired) electrons. The molecule has 0 unspecified atom stereocenters. The number of aromatic nitrogens is 4. The third kappa shape index (κ3) is 2.79. The van der Waals surface area contributed by atoms with E-state index in [1.54, 1.807) is 29.0 Å². The highest BCUT2D eigenvalue weighted by Crippen LogP contribution is 2.19. The highest BCUT2D eigenvalue weighted by molar-refractivity contribution is 9.10. The molecule has 0 saturated carbocycles. The van der Waals surface area contributed by atoms with Gasteiger partial charge in [-0.05, 0) is 28.1 Å². The number of aryl methyl sites for hydroxylation is 1. The summed E-state index contributed by atoms with van der Waals surface area (Å²) in [6.45, 7) is 0. The Morgan fingerprint density at radius 1 is 1.40 bits per heavy atom. The molecule has 2 heterocycles. The zero-order valence-corrected chi connectivity index (χ0v) is 10.5. The van der Waals surface area contributed by atoms with Crippen molar-refractivity contribution < 1.29 is 0 Å². The third-order valence-corrected chi connectivity index (χ3v) is 3.34. The van der Waals surface area contributed by atoms with Crippen LogP contribution < -0.4 is 0 Å². The van der Waals surface area contributed by atoms with Gasteiger partial charge in [0.1, 0.15) is 6.33 Å². The second kappa shape index (κ2) is 4.76. The van der Waals surface area contributed by atoms with Crippen LogP contribution in [0.5, 0.6) is 0 Å². The second-order valence-corrected chi connectivity index (χ2v) is 4.78. The summed E-state index contributed by atoms with van der Waals surface area (Å²) in [6.07, 6.45) is 3.35. The minimum absolute atomic E-state index is 0.805. The van der Waals surface area contributed by atoms with Gasteiger partial charge in [0, 0.05) is 23.5 Å². The summed E-state index contributed by atoms with van der Waals surface area (Å²) in [5.41, 5.74) is 1.03. The lowest BCUT2D eigenvalue weighted by Gasteiger charge is -2.00. The first kappa shape index (κ1) is 10.6. The van der Waals surface area contributed by atoms with E-state index >= 15 is 0 Å². The molecule has 15 heavy (non-hydrogen) atoms. The van der Waals surface area contributed by atoms with E-state index in [1.165, 1.54) is 0 Å². The van der Waals surface area contributed by atoms with Gasteiger partial charge in [0.15, 0.2) is 5.16 Å². The fourth-order valence-electron chi connectivity index (χ4n) is 1.05. The Morgan fingerprint density at radius 2 is 2.27 bits per heavy atom. The van der Waals surface area contributed by atoms with Gasteiger partial charge in [-0.1, -0.05) is 11.8 Å². The van der Waals surface area contributed by atoms with E-state index < -0.39 is 0 Å². The third-order valence-electron chi connectivity index (χ3n) is 1.81. The molecule has 0 aliphatic heterocycles. The molecule has 0 aliphatic carbocycles. The van der Waals surface area contributed by atoms with Gasteiger partial charge in [-0.2, -0.15) is 5.10 Å². The minimum Gasteiger partial charge on any atom is -0.259 e. The molecule has 0 bridgehead atoms. The predicted octanol–water partition coefficient (Wildman–Crippen LogP) is 2.26. The summed E-state index contributed by atoms with van der Waals surface area (Å²) in [5, 5.41) is 4.90. The average Bonchev–Trinajstić information content (AvgIpc) is 2.63. The van der Waals surface area contributed by atoms with Crippen molar-refractivity contribution in [3.8, 4) is 0 Å². The van der Waals surface area contributed by atoms with Crippen LogP contribution in [0.25, 0.3) is 0 Å². The number of hydrogen-bond donors (Lipinski definition) is 0. The largest absolute Gasteiger partial charge is 0.259 e. The van der Waals surface area contributed by atoms with Crippen molar-refractivity contribution in [1.82, 2.24) is 19.7 Å². The first-order valence-electron chi connectivity index (χ1n) is 4.33. The molecule has 0 saturated heterocycles. The summed E-state index contributed by atoms with van der Waals surface area (Å²) in [6, 6.07) is 3.98. The van der Waals surface area contributed by atoms with Gasteiger partial charge in [0.05, 0.1) is 5.69 Å². The van der Waals surface area contributed by atoms with Crippen molar-refractivity contribution in [2.24, 2.45) is 7.05 Å². The summed E-state index contributed by atoms with van der Waals surface area (Å²) in [5.74, 6) is 0.805. The van der Waals surface area contributed by atoms with Crippen LogP contribution in [-0.2, 0) is 12.8 Å². The van der Waals surface area contributed by atoms with E-state index in [-0.39, 0.29) is 0 Å². The number of rotatable bonds is 3. The van der Waals surface area contributed by atoms with Gasteiger partial charge >= 0.3 is 0 Å². The molecule has 0 aromatic carbocycles. The maximum atomic E-state index is 4.28. The van der Waals surface area contributed by atoms with E-state index in [2.05, 4.69) is 31.0 Å². The molecule has 0 spiro atoms. The Morgan fingerprint density at radius 3 is 2.87 bits per heavy atom. The molecule has 6 heteroatoms. The maximum Gasteiger partial charge on any atom is 0.186 e. The fraction of sp³-hybridized carbons (Fsp3) is 0.222. The van der Waals surface area contributed by atoms with Crippen molar-refractivity contribution in [3.63, 3.8) is 0 Å². The van der Waals surface area contributed by atoms with Gasteiger partial charge in [0.2, 0.25) is 0 Å². The summed E-state index contributed by atoms with van der Waals surface area (Å²) >= 11 is 4.98. The van der Waals surface area contributed by atoms with E-state index in [1.807, 2.05) is 19.2 Å². The monoisotopic (exact) mass is 284 g/mol. The second-order valence-electron chi connectivity index (χ2n) is 2.92. The predicted molar refractivity (Wildman–Crippen MR) is 62.5 cm³/mol. The van der Waals surface area contributed by atoms with Gasteiger partial charge in [-0.15, -0.1) is 0 Å². The molecule has 4 nitrogen and oxygen atoms in total. The molecule has 0 atom stereocenters. The van der Waals surface area contributed by atoms with E-state index in [0.29, 0.717) is 0 Å². The zero-order valence-electron chi connectivity index (χ0n) is 8.09. The fourth-order valence-corrected chi connectivity index (χ4v) is 2.08. The first-order chi connectivity index (χ1) is 7.25. The van der Waals surface area contributed by atoms with Crippen LogP contribution in [-0.4, -0.2) is 19.7 Å². The molecule has 2 aromatic heterocycles. The first-order valence-corrected chi connectivity index (χ1v) is 6.11. The zero-order chi connectivity index (χ0) is 10.7. The van der Waals surface area contributed by atoms with E-state index in [4.69, 9.17) is 0 Å². The van der Waals surface area contributed by atoms with Crippen LogP contribution in [0.15, 0.2) is 34.3 Å². The van der Waals surface area contributed by atoms with Crippen LogP contribution in [0.2, 0.25) is 0 Å². The van der Waals surface area contributed by atoms with Crippen LogP contribution in [0, 0.1) is 0 Å². The molecule has 0 N–H and O–H groups in total. The highest BCUT2D eigenvalue weighted by Gasteiger charge is 2.02. The van der Waals surface area contributed by atoms with Crippen molar-refractivity contribution in [2.45, 2.75) is 10.9 Å². The Balaban J connectivity index is 1.99. The van der Waals surface area contributed by atoms with Crippen molar-refractivity contribution >= 4 is 27.7 Å². The normalized spacial score (nSPS) is 10.5. The van der Waals surface area contributed by atoms with Crippen LogP contribution in [0.1, 0.15) is 5.69 Å². The molecule has 2 rings (SSSR count). The Hall–Kier alpha value is -0.880. The number of nitrogens with zero attached hydrogens (tertiary/aromatic N) is 4. The van der Waals surface area contributed by atoms with E-state index in [9.17, 15) is 0 Å². The molecule has 0 fully saturated rings. The quantitative estimate of drug-likeness (QED) is 0.811. The molecular weight excluding hydrogens is 276 g/mol. The number of hydrogen-bond acceptors (Lipinski definition) is 4. The Kier molecular flexibility index (Phi) is 3.37. The highest BCUT2D eigenvalue weighted by atomic mass is 79.9. The summed E-state index contributed by atoms with van der Waals surface area (Å²) in [7, 11) is 1.88. The summed E-state index contributed by atoms with van der Waals surface area (Å²) < 4.78 is 2.75. The lowest BCUT2D eigenvalue weighted by molar-refractivity contribution is 0.685. The lowest BCUT2D eigenvalue weighted by atomic mass is 10.4. The van der Waals surface area contributed by atoms with Crippen molar-refractivity contribution in [1.29, 1.82) is 0 Å². The van der Waals surface area contributed by atoms with Crippen LogP contribution >= 0.6 is 27.7 Å². The summed E-state index contributed by atoms with van der Waals surface area (Å²) in [4.78, 5) is 8.41. The molecule has 0 amide bonds. The lowest BCUT2D eigenvalue weighted by Crippen LogP contribution is -1.93. The van der Waals surface area contributed by atoms with Gasteiger partial charge in [-0.3, -0.25) is 4.98 Å². The SMILES string of the molecule is Cn1ncnc1SCc1ccc(Br)cn1. The minimum atomic E-state index is 0.805. The van der Waals surface area contributed by atoms with Crippen molar-refractivity contribution in [2.75, 3.05) is 0 Å². The maximum absolute atomic E-state index is 4.28. The topological polar surface area (TPSA) is 43.6 Å². The Bertz CT molecular complexity index is 440. The number of thioether (sulfide) groups is 1. The molecule has 2 aromatic rings. The standard InChI is InChI=1S/C9H9BrN4S/c1-14-9(12-6-13-14)15-5-8-3-2-7(10)4-11-8/h2-4,6H,5H2,1H3. The van der Waals surface area contributed by atoms with Crippen LogP contribution in [0.3, 0.4) is 0 Å². The Labute approximate surface area is 100 Å². The smallest absolute Gasteiger partial charge is 0.186 e. The number of pyridine rings is 1. The van der Waals surface area contributed by atoms with Gasteiger partial charge < -0.3 is 0 Å². The molecule has 78 valence electrons. The molecule has 0 aliphatic rings. The van der Waals surface area contributed by atoms with Gasteiger partial charge in [-0.25, -0.2) is 9.67 Å². The van der Waals surface area contributed by atoms with Crippen LogP contribution in [0.4, 0.5) is 0 Å².